The molecule has 1 atom stereocenters. The summed E-state index contributed by atoms with van der Waals surface area (Å²) >= 11 is 7.74. The van der Waals surface area contributed by atoms with Crippen molar-refractivity contribution in [3.63, 3.8) is 0 Å². The van der Waals surface area contributed by atoms with Crippen LogP contribution >= 0.6 is 23.4 Å². The number of rotatable bonds is 6. The topological polar surface area (TPSA) is 24.9 Å². The number of benzene rings is 1. The summed E-state index contributed by atoms with van der Waals surface area (Å²) in [5.74, 6) is 0. The lowest BCUT2D eigenvalue weighted by atomic mass is 10.1. The molecular formula is C16H19ClN2S. The molecule has 1 heterocycles. The molecule has 2 rings (SSSR count). The van der Waals surface area contributed by atoms with Crippen molar-refractivity contribution in [2.24, 2.45) is 0 Å². The molecule has 0 spiro atoms. The first kappa shape index (κ1) is 15.4. The SMILES string of the molecule is CCCNC(C)c1ccc(Sc2ccccc2Cl)nc1. The smallest absolute Gasteiger partial charge is 0.101 e. The highest BCUT2D eigenvalue weighted by Gasteiger charge is 2.06. The van der Waals surface area contributed by atoms with Crippen molar-refractivity contribution in [2.75, 3.05) is 6.54 Å². The average Bonchev–Trinajstić information content (AvgIpc) is 2.48. The fourth-order valence-electron chi connectivity index (χ4n) is 1.83. The Morgan fingerprint density at radius 3 is 2.70 bits per heavy atom. The van der Waals surface area contributed by atoms with Crippen LogP contribution in [0.1, 0.15) is 31.9 Å². The van der Waals surface area contributed by atoms with Crippen LogP contribution in [-0.4, -0.2) is 11.5 Å². The summed E-state index contributed by atoms with van der Waals surface area (Å²) in [6, 6.07) is 12.3. The highest BCUT2D eigenvalue weighted by atomic mass is 35.5. The summed E-state index contributed by atoms with van der Waals surface area (Å²) in [7, 11) is 0. The minimum absolute atomic E-state index is 0.335. The van der Waals surface area contributed by atoms with Gasteiger partial charge in [0.25, 0.3) is 0 Å². The van der Waals surface area contributed by atoms with Gasteiger partial charge in [0.2, 0.25) is 0 Å². The predicted octanol–water partition coefficient (Wildman–Crippen LogP) is 4.95. The van der Waals surface area contributed by atoms with Gasteiger partial charge in [-0.2, -0.15) is 0 Å². The molecule has 0 aliphatic rings. The van der Waals surface area contributed by atoms with Gasteiger partial charge in [-0.15, -0.1) is 0 Å². The maximum absolute atomic E-state index is 6.15. The van der Waals surface area contributed by atoms with Gasteiger partial charge in [-0.05, 0) is 43.7 Å². The van der Waals surface area contributed by atoms with E-state index in [0.29, 0.717) is 6.04 Å². The maximum atomic E-state index is 6.15. The van der Waals surface area contributed by atoms with Gasteiger partial charge in [0, 0.05) is 17.1 Å². The zero-order valence-electron chi connectivity index (χ0n) is 11.8. The Kier molecular flexibility index (Phi) is 5.89. The first-order valence-corrected chi connectivity index (χ1v) is 8.02. The van der Waals surface area contributed by atoms with E-state index in [0.717, 1.165) is 27.9 Å². The summed E-state index contributed by atoms with van der Waals surface area (Å²) in [5.41, 5.74) is 1.21. The van der Waals surface area contributed by atoms with Crippen molar-refractivity contribution in [3.05, 3.63) is 53.2 Å². The first-order chi connectivity index (χ1) is 9.70. The number of hydrogen-bond donors (Lipinski definition) is 1. The van der Waals surface area contributed by atoms with Crippen molar-refractivity contribution in [2.45, 2.75) is 36.2 Å². The Balaban J connectivity index is 2.03. The molecule has 0 aliphatic carbocycles. The van der Waals surface area contributed by atoms with E-state index in [1.54, 1.807) is 11.8 Å². The van der Waals surface area contributed by atoms with Crippen LogP contribution in [0.15, 0.2) is 52.5 Å². The van der Waals surface area contributed by atoms with E-state index >= 15 is 0 Å². The Bertz CT molecular complexity index is 542. The third kappa shape index (κ3) is 4.23. The number of halogens is 1. The lowest BCUT2D eigenvalue weighted by molar-refractivity contribution is 0.568. The van der Waals surface area contributed by atoms with Gasteiger partial charge >= 0.3 is 0 Å². The lowest BCUT2D eigenvalue weighted by Crippen LogP contribution is -2.19. The van der Waals surface area contributed by atoms with Crippen molar-refractivity contribution in [1.82, 2.24) is 10.3 Å². The fraction of sp³-hybridized carbons (Fsp3) is 0.312. The molecule has 0 saturated carbocycles. The Morgan fingerprint density at radius 1 is 1.25 bits per heavy atom. The molecule has 2 aromatic rings. The predicted molar refractivity (Wildman–Crippen MR) is 86.5 cm³/mol. The molecule has 0 radical (unpaired) electrons. The van der Waals surface area contributed by atoms with E-state index < -0.39 is 0 Å². The minimum atomic E-state index is 0.335. The van der Waals surface area contributed by atoms with Crippen LogP contribution in [0.5, 0.6) is 0 Å². The van der Waals surface area contributed by atoms with Gasteiger partial charge in [-0.3, -0.25) is 0 Å². The quantitative estimate of drug-likeness (QED) is 0.817. The van der Waals surface area contributed by atoms with Crippen LogP contribution in [0, 0.1) is 0 Å². The van der Waals surface area contributed by atoms with Gasteiger partial charge in [-0.1, -0.05) is 48.5 Å². The summed E-state index contributed by atoms with van der Waals surface area (Å²) < 4.78 is 0. The van der Waals surface area contributed by atoms with Crippen LogP contribution in [-0.2, 0) is 0 Å². The molecule has 106 valence electrons. The van der Waals surface area contributed by atoms with Gasteiger partial charge in [-0.25, -0.2) is 4.98 Å². The van der Waals surface area contributed by atoms with Gasteiger partial charge < -0.3 is 5.32 Å². The summed E-state index contributed by atoms with van der Waals surface area (Å²) in [6.07, 6.45) is 3.07. The van der Waals surface area contributed by atoms with Crippen molar-refractivity contribution >= 4 is 23.4 Å². The molecule has 4 heteroatoms. The minimum Gasteiger partial charge on any atom is -0.310 e. The summed E-state index contributed by atoms with van der Waals surface area (Å²) in [6.45, 7) is 5.35. The molecule has 20 heavy (non-hydrogen) atoms. The number of hydrogen-bond acceptors (Lipinski definition) is 3. The largest absolute Gasteiger partial charge is 0.310 e. The van der Waals surface area contributed by atoms with E-state index in [2.05, 4.69) is 30.2 Å². The lowest BCUT2D eigenvalue weighted by Gasteiger charge is -2.13. The average molecular weight is 307 g/mol. The first-order valence-electron chi connectivity index (χ1n) is 6.82. The molecule has 0 aliphatic heterocycles. The monoisotopic (exact) mass is 306 g/mol. The van der Waals surface area contributed by atoms with E-state index in [1.807, 2.05) is 36.5 Å². The van der Waals surface area contributed by atoms with Crippen LogP contribution < -0.4 is 5.32 Å². The van der Waals surface area contributed by atoms with E-state index in [9.17, 15) is 0 Å². The second kappa shape index (κ2) is 7.67. The van der Waals surface area contributed by atoms with E-state index in [4.69, 9.17) is 11.6 Å². The Hall–Kier alpha value is -1.03. The molecular weight excluding hydrogens is 288 g/mol. The normalized spacial score (nSPS) is 12.3. The zero-order chi connectivity index (χ0) is 14.4. The standard InChI is InChI=1S/C16H19ClN2S/c1-3-10-18-12(2)13-8-9-16(19-11-13)20-15-7-5-4-6-14(15)17/h4-9,11-12,18H,3,10H2,1-2H3. The molecule has 0 amide bonds. The van der Waals surface area contributed by atoms with E-state index in [-0.39, 0.29) is 0 Å². The van der Waals surface area contributed by atoms with Crippen LogP contribution in [0.3, 0.4) is 0 Å². The fourth-order valence-corrected chi connectivity index (χ4v) is 2.86. The molecule has 0 bridgehead atoms. The van der Waals surface area contributed by atoms with Crippen LogP contribution in [0.4, 0.5) is 0 Å². The summed E-state index contributed by atoms with van der Waals surface area (Å²) in [4.78, 5) is 5.54. The molecule has 0 fully saturated rings. The molecule has 1 unspecified atom stereocenters. The number of aromatic nitrogens is 1. The highest BCUT2D eigenvalue weighted by Crippen LogP contribution is 2.32. The van der Waals surface area contributed by atoms with Crippen molar-refractivity contribution in [1.29, 1.82) is 0 Å². The second-order valence-corrected chi connectivity index (χ2v) is 6.11. The third-order valence-corrected chi connectivity index (χ3v) is 4.48. The second-order valence-electron chi connectivity index (χ2n) is 4.64. The molecule has 1 N–H and O–H groups in total. The third-order valence-electron chi connectivity index (χ3n) is 3.01. The van der Waals surface area contributed by atoms with Crippen LogP contribution in [0.25, 0.3) is 0 Å². The van der Waals surface area contributed by atoms with Crippen LogP contribution in [0.2, 0.25) is 5.02 Å². The zero-order valence-corrected chi connectivity index (χ0v) is 13.3. The van der Waals surface area contributed by atoms with Gasteiger partial charge in [0.1, 0.15) is 5.03 Å². The van der Waals surface area contributed by atoms with Gasteiger partial charge in [0.05, 0.1) is 5.02 Å². The van der Waals surface area contributed by atoms with Gasteiger partial charge in [0.15, 0.2) is 0 Å². The van der Waals surface area contributed by atoms with Crippen molar-refractivity contribution in [3.8, 4) is 0 Å². The highest BCUT2D eigenvalue weighted by molar-refractivity contribution is 7.99. The number of pyridine rings is 1. The molecule has 0 saturated heterocycles. The number of nitrogens with one attached hydrogen (secondary N) is 1. The van der Waals surface area contributed by atoms with E-state index in [1.165, 1.54) is 5.56 Å². The van der Waals surface area contributed by atoms with Crippen molar-refractivity contribution < 1.29 is 0 Å². The summed E-state index contributed by atoms with van der Waals surface area (Å²) in [5, 5.41) is 5.19. The molecule has 2 nitrogen and oxygen atoms in total. The molecule has 1 aromatic heterocycles. The number of nitrogens with zero attached hydrogens (tertiary/aromatic N) is 1. The maximum Gasteiger partial charge on any atom is 0.101 e. The Labute approximate surface area is 130 Å². The molecule has 1 aromatic carbocycles. The Morgan fingerprint density at radius 2 is 2.05 bits per heavy atom.